The first-order chi connectivity index (χ1) is 13.7. The molecule has 0 bridgehead atoms. The fourth-order valence-corrected chi connectivity index (χ4v) is 2.94. The molecule has 2 aromatic carbocycles. The van der Waals surface area contributed by atoms with Crippen molar-refractivity contribution in [3.8, 4) is 34.3 Å². The van der Waals surface area contributed by atoms with Gasteiger partial charge in [0.25, 0.3) is 5.95 Å². The van der Waals surface area contributed by atoms with Crippen LogP contribution >= 0.6 is 0 Å². The highest BCUT2D eigenvalue weighted by Crippen LogP contribution is 2.45. The number of ether oxygens (including phenoxy) is 4. The van der Waals surface area contributed by atoms with Crippen molar-refractivity contribution in [1.29, 1.82) is 0 Å². The lowest BCUT2D eigenvalue weighted by Gasteiger charge is -2.17. The third kappa shape index (κ3) is 3.47. The predicted octanol–water partition coefficient (Wildman–Crippen LogP) is 4.22. The molecule has 3 aromatic rings. The zero-order chi connectivity index (χ0) is 20.1. The zero-order valence-electron chi connectivity index (χ0n) is 15.9. The van der Waals surface area contributed by atoms with Gasteiger partial charge in [0, 0.05) is 6.42 Å². The topological polar surface area (TPSA) is 67.1 Å². The van der Waals surface area contributed by atoms with E-state index in [1.54, 1.807) is 12.1 Å². The van der Waals surface area contributed by atoms with E-state index < -0.39 is 6.67 Å². The molecule has 0 aliphatic heterocycles. The molecular weight excluding hydrogens is 367 g/mol. The molecule has 0 saturated heterocycles. The van der Waals surface area contributed by atoms with E-state index in [1.807, 2.05) is 18.2 Å². The molecule has 3 rings (SSSR count). The quantitative estimate of drug-likeness (QED) is 0.538. The van der Waals surface area contributed by atoms with Crippen LogP contribution in [0.3, 0.4) is 0 Å². The van der Waals surface area contributed by atoms with Gasteiger partial charge >= 0.3 is 0 Å². The van der Waals surface area contributed by atoms with E-state index in [4.69, 9.17) is 23.4 Å². The van der Waals surface area contributed by atoms with Crippen molar-refractivity contribution in [2.45, 2.75) is 6.42 Å². The van der Waals surface area contributed by atoms with Gasteiger partial charge in [0.05, 0.1) is 40.0 Å². The number of hydrogen-bond acceptors (Lipinski definition) is 6. The Balaban J connectivity index is 2.35. The first kappa shape index (κ1) is 19.5. The highest BCUT2D eigenvalue weighted by Gasteiger charge is 2.25. The second-order valence-electron chi connectivity index (χ2n) is 5.87. The maximum atomic E-state index is 13.3. The maximum Gasteiger partial charge on any atom is 0.296 e. The highest BCUT2D eigenvalue weighted by molar-refractivity contribution is 5.91. The van der Waals surface area contributed by atoms with Crippen molar-refractivity contribution < 1.29 is 27.8 Å². The molecule has 0 aliphatic carbocycles. The molecule has 0 radical (unpaired) electrons. The Morgan fingerprint density at radius 1 is 1.00 bits per heavy atom. The molecule has 7 heteroatoms. The van der Waals surface area contributed by atoms with Crippen LogP contribution in [0.25, 0.3) is 22.1 Å². The molecule has 6 nitrogen and oxygen atoms in total. The van der Waals surface area contributed by atoms with Gasteiger partial charge in [-0.3, -0.25) is 9.18 Å². The second-order valence-corrected chi connectivity index (χ2v) is 5.87. The molecule has 0 fully saturated rings. The number of methoxy groups -OCH3 is 3. The van der Waals surface area contributed by atoms with Gasteiger partial charge in [-0.05, 0) is 11.6 Å². The Morgan fingerprint density at radius 2 is 1.75 bits per heavy atom. The molecule has 1 heterocycles. The van der Waals surface area contributed by atoms with Crippen LogP contribution in [0.5, 0.6) is 23.2 Å². The van der Waals surface area contributed by atoms with Crippen molar-refractivity contribution in [1.82, 2.24) is 0 Å². The maximum absolute atomic E-state index is 13.3. The van der Waals surface area contributed by atoms with E-state index in [0.717, 1.165) is 0 Å². The molecule has 0 amide bonds. The van der Waals surface area contributed by atoms with Crippen LogP contribution in [-0.4, -0.2) is 34.6 Å². The number of hydrogen-bond donors (Lipinski definition) is 0. The SMILES string of the molecule is COc1cc2c(=O)c(-c3ccccc3)c(OC)oc2c(OCCCF)c1OC. The minimum atomic E-state index is -0.532. The van der Waals surface area contributed by atoms with Gasteiger partial charge in [-0.15, -0.1) is 0 Å². The van der Waals surface area contributed by atoms with Crippen molar-refractivity contribution in [2.75, 3.05) is 34.6 Å². The first-order valence-corrected chi connectivity index (χ1v) is 8.70. The zero-order valence-corrected chi connectivity index (χ0v) is 15.9. The summed E-state index contributed by atoms with van der Waals surface area (Å²) in [5.74, 6) is 0.778. The Kier molecular flexibility index (Phi) is 6.03. The van der Waals surface area contributed by atoms with Crippen LogP contribution in [0.1, 0.15) is 6.42 Å². The van der Waals surface area contributed by atoms with Crippen molar-refractivity contribution in [2.24, 2.45) is 0 Å². The Labute approximate surface area is 161 Å². The largest absolute Gasteiger partial charge is 0.493 e. The first-order valence-electron chi connectivity index (χ1n) is 8.70. The average Bonchev–Trinajstić information content (AvgIpc) is 2.73. The number of rotatable bonds is 8. The predicted molar refractivity (Wildman–Crippen MR) is 104 cm³/mol. The summed E-state index contributed by atoms with van der Waals surface area (Å²) in [7, 11) is 4.32. The summed E-state index contributed by atoms with van der Waals surface area (Å²) in [5, 5.41) is 0.243. The van der Waals surface area contributed by atoms with Crippen LogP contribution in [0.2, 0.25) is 0 Å². The average molecular weight is 388 g/mol. The number of fused-ring (bicyclic) bond motifs is 1. The molecule has 0 spiro atoms. The molecule has 0 saturated carbocycles. The van der Waals surface area contributed by atoms with Gasteiger partial charge in [-0.2, -0.15) is 0 Å². The second kappa shape index (κ2) is 8.65. The highest BCUT2D eigenvalue weighted by atomic mass is 19.1. The van der Waals surface area contributed by atoms with Crippen LogP contribution in [-0.2, 0) is 0 Å². The number of halogens is 1. The van der Waals surface area contributed by atoms with E-state index in [1.165, 1.54) is 27.4 Å². The van der Waals surface area contributed by atoms with Crippen molar-refractivity contribution >= 4 is 11.0 Å². The fraction of sp³-hybridized carbons (Fsp3) is 0.286. The Morgan fingerprint density at radius 3 is 2.36 bits per heavy atom. The molecular formula is C21H21FO6. The van der Waals surface area contributed by atoms with E-state index in [9.17, 15) is 9.18 Å². The van der Waals surface area contributed by atoms with E-state index in [-0.39, 0.29) is 52.4 Å². The lowest BCUT2D eigenvalue weighted by Crippen LogP contribution is -2.10. The summed E-state index contributed by atoms with van der Waals surface area (Å²) in [6.45, 7) is -0.447. The van der Waals surface area contributed by atoms with Gasteiger partial charge in [0.1, 0.15) is 5.56 Å². The van der Waals surface area contributed by atoms with Gasteiger partial charge in [0.2, 0.25) is 16.9 Å². The summed E-state index contributed by atoms with van der Waals surface area (Å²) < 4.78 is 40.2. The summed E-state index contributed by atoms with van der Waals surface area (Å²) >= 11 is 0. The lowest BCUT2D eigenvalue weighted by molar-refractivity contribution is 0.261. The molecule has 1 aromatic heterocycles. The Bertz CT molecular complexity index is 1010. The van der Waals surface area contributed by atoms with E-state index in [2.05, 4.69) is 0 Å². The van der Waals surface area contributed by atoms with Gasteiger partial charge in [0.15, 0.2) is 11.3 Å². The van der Waals surface area contributed by atoms with Gasteiger partial charge < -0.3 is 23.4 Å². The number of benzene rings is 2. The third-order valence-electron chi connectivity index (χ3n) is 4.22. The van der Waals surface area contributed by atoms with Crippen molar-refractivity contribution in [3.05, 3.63) is 46.6 Å². The minimum absolute atomic E-state index is 0.0475. The normalized spacial score (nSPS) is 10.7. The molecule has 148 valence electrons. The monoisotopic (exact) mass is 388 g/mol. The summed E-state index contributed by atoms with van der Waals surface area (Å²) in [6.07, 6.45) is 0.186. The lowest BCUT2D eigenvalue weighted by atomic mass is 10.0. The smallest absolute Gasteiger partial charge is 0.296 e. The van der Waals surface area contributed by atoms with E-state index >= 15 is 0 Å². The van der Waals surface area contributed by atoms with Crippen molar-refractivity contribution in [3.63, 3.8) is 0 Å². The molecule has 28 heavy (non-hydrogen) atoms. The van der Waals surface area contributed by atoms with Crippen LogP contribution in [0.4, 0.5) is 4.39 Å². The molecule has 0 N–H and O–H groups in total. The van der Waals surface area contributed by atoms with Crippen LogP contribution in [0, 0.1) is 0 Å². The van der Waals surface area contributed by atoms with Crippen LogP contribution < -0.4 is 24.4 Å². The van der Waals surface area contributed by atoms with E-state index in [0.29, 0.717) is 11.3 Å². The summed E-state index contributed by atoms with van der Waals surface area (Å²) in [5.41, 5.74) is 0.792. The standard InChI is InChI=1S/C21H21FO6/c1-24-15-12-14-17(23)16(13-8-5-4-6-9-13)21(26-3)28-18(14)20(19(15)25-2)27-11-7-10-22/h4-6,8-9,12H,7,10-11H2,1-3H3. The number of alkyl halides is 1. The summed E-state index contributed by atoms with van der Waals surface area (Å²) in [4.78, 5) is 13.3. The van der Waals surface area contributed by atoms with Gasteiger partial charge in [-0.1, -0.05) is 30.3 Å². The molecule has 0 atom stereocenters. The third-order valence-corrected chi connectivity index (χ3v) is 4.22. The minimum Gasteiger partial charge on any atom is -0.493 e. The fourth-order valence-electron chi connectivity index (χ4n) is 2.94. The van der Waals surface area contributed by atoms with Crippen LogP contribution in [0.15, 0.2) is 45.6 Å². The Hall–Kier alpha value is -3.22. The van der Waals surface area contributed by atoms with Gasteiger partial charge in [-0.25, -0.2) is 0 Å². The molecule has 0 unspecified atom stereocenters. The molecule has 0 aliphatic rings. The summed E-state index contributed by atoms with van der Waals surface area (Å²) in [6, 6.07) is 10.6.